The minimum atomic E-state index is 0.00253. The predicted molar refractivity (Wildman–Crippen MR) is 84.1 cm³/mol. The first kappa shape index (κ1) is 15.4. The number of hydrogen-bond acceptors (Lipinski definition) is 1. The van der Waals surface area contributed by atoms with Gasteiger partial charge in [0.05, 0.1) is 5.38 Å². The second-order valence-corrected chi connectivity index (χ2v) is 7.60. The third-order valence-electron chi connectivity index (χ3n) is 3.75. The van der Waals surface area contributed by atoms with Crippen molar-refractivity contribution in [1.29, 1.82) is 0 Å². The molecule has 0 radical (unpaired) electrons. The molecule has 20 heavy (non-hydrogen) atoms. The lowest BCUT2D eigenvalue weighted by Crippen LogP contribution is -2.36. The maximum atomic E-state index is 12.2. The van der Waals surface area contributed by atoms with Gasteiger partial charge in [-0.15, -0.1) is 11.6 Å². The number of alkyl halides is 1. The van der Waals surface area contributed by atoms with Gasteiger partial charge in [-0.25, -0.2) is 0 Å². The molecule has 1 aliphatic rings. The fourth-order valence-electron chi connectivity index (χ4n) is 2.84. The van der Waals surface area contributed by atoms with E-state index in [1.54, 1.807) is 0 Å². The molecule has 2 nitrogen and oxygen atoms in total. The predicted octanol–water partition coefficient (Wildman–Crippen LogP) is 3.56. The monoisotopic (exact) mass is 293 g/mol. The fraction of sp³-hybridized carbons (Fsp3) is 0.588. The molecule has 1 unspecified atom stereocenters. The molecule has 0 aromatic heterocycles. The van der Waals surface area contributed by atoms with Crippen molar-refractivity contribution < 1.29 is 4.79 Å². The molecule has 1 N–H and O–H groups in total. The van der Waals surface area contributed by atoms with Crippen LogP contribution in [0.4, 0.5) is 0 Å². The lowest BCUT2D eigenvalue weighted by molar-refractivity contribution is -0.124. The molecule has 1 amide bonds. The molecule has 1 aromatic carbocycles. The van der Waals surface area contributed by atoms with Crippen molar-refractivity contribution in [3.05, 3.63) is 35.4 Å². The highest BCUT2D eigenvalue weighted by molar-refractivity contribution is 6.20. The first-order valence-electron chi connectivity index (χ1n) is 7.34. The van der Waals surface area contributed by atoms with E-state index < -0.39 is 0 Å². The molecular weight excluding hydrogens is 270 g/mol. The Morgan fingerprint density at radius 3 is 2.35 bits per heavy atom. The summed E-state index contributed by atoms with van der Waals surface area (Å²) < 4.78 is 0. The van der Waals surface area contributed by atoms with Crippen molar-refractivity contribution in [2.45, 2.75) is 45.4 Å². The summed E-state index contributed by atoms with van der Waals surface area (Å²) >= 11 is 6.29. The summed E-state index contributed by atoms with van der Waals surface area (Å²) in [7, 11) is 0. The van der Waals surface area contributed by atoms with Crippen molar-refractivity contribution in [2.75, 3.05) is 6.54 Å². The van der Waals surface area contributed by atoms with Crippen LogP contribution >= 0.6 is 11.6 Å². The van der Waals surface area contributed by atoms with Crippen LogP contribution in [0, 0.1) is 11.3 Å². The number of amides is 1. The quantitative estimate of drug-likeness (QED) is 0.845. The third-order valence-corrected chi connectivity index (χ3v) is 4.06. The minimum absolute atomic E-state index is 0.00253. The van der Waals surface area contributed by atoms with Gasteiger partial charge in [0, 0.05) is 12.5 Å². The zero-order valence-electron chi connectivity index (χ0n) is 12.6. The smallest absolute Gasteiger partial charge is 0.223 e. The third kappa shape index (κ3) is 4.24. The maximum Gasteiger partial charge on any atom is 0.223 e. The SMILES string of the molecule is CC(C)(C)CC(Cl)CNC(=O)C1Cc2ccccc2C1. The molecule has 1 aliphatic carbocycles. The summed E-state index contributed by atoms with van der Waals surface area (Å²) in [4.78, 5) is 12.2. The molecule has 1 atom stereocenters. The van der Waals surface area contributed by atoms with Crippen LogP contribution in [0.2, 0.25) is 0 Å². The molecular formula is C17H24ClNO. The summed E-state index contributed by atoms with van der Waals surface area (Å²) in [6, 6.07) is 8.31. The lowest BCUT2D eigenvalue weighted by Gasteiger charge is -2.22. The Morgan fingerprint density at radius 1 is 1.30 bits per heavy atom. The van der Waals surface area contributed by atoms with E-state index in [0.29, 0.717) is 6.54 Å². The van der Waals surface area contributed by atoms with Crippen molar-refractivity contribution >= 4 is 17.5 Å². The minimum Gasteiger partial charge on any atom is -0.354 e. The highest BCUT2D eigenvalue weighted by atomic mass is 35.5. The number of carbonyl (C=O) groups excluding carboxylic acids is 1. The van der Waals surface area contributed by atoms with E-state index in [9.17, 15) is 4.79 Å². The topological polar surface area (TPSA) is 29.1 Å². The van der Waals surface area contributed by atoms with Gasteiger partial charge in [0.2, 0.25) is 5.91 Å². The van der Waals surface area contributed by atoms with Crippen molar-refractivity contribution in [3.8, 4) is 0 Å². The van der Waals surface area contributed by atoms with Crippen LogP contribution in [0.25, 0.3) is 0 Å². The van der Waals surface area contributed by atoms with Crippen LogP contribution < -0.4 is 5.32 Å². The summed E-state index contributed by atoms with van der Waals surface area (Å²) in [5.41, 5.74) is 2.82. The van der Waals surface area contributed by atoms with E-state index in [4.69, 9.17) is 11.6 Å². The van der Waals surface area contributed by atoms with Crippen LogP contribution in [0.1, 0.15) is 38.3 Å². The van der Waals surface area contributed by atoms with Gasteiger partial charge in [0.25, 0.3) is 0 Å². The average Bonchev–Trinajstić information content (AvgIpc) is 2.77. The summed E-state index contributed by atoms with van der Waals surface area (Å²) in [6.07, 6.45) is 2.61. The van der Waals surface area contributed by atoms with Crippen molar-refractivity contribution in [1.82, 2.24) is 5.32 Å². The average molecular weight is 294 g/mol. The van der Waals surface area contributed by atoms with E-state index in [1.807, 2.05) is 12.1 Å². The van der Waals surface area contributed by atoms with Gasteiger partial charge in [-0.1, -0.05) is 45.0 Å². The fourth-order valence-corrected chi connectivity index (χ4v) is 3.38. The van der Waals surface area contributed by atoms with Crippen molar-refractivity contribution in [3.63, 3.8) is 0 Å². The largest absolute Gasteiger partial charge is 0.354 e. The van der Waals surface area contributed by atoms with Gasteiger partial charge >= 0.3 is 0 Å². The maximum absolute atomic E-state index is 12.2. The van der Waals surface area contributed by atoms with Crippen LogP contribution in [-0.2, 0) is 17.6 Å². The van der Waals surface area contributed by atoms with E-state index in [1.165, 1.54) is 11.1 Å². The van der Waals surface area contributed by atoms with Crippen LogP contribution in [0.3, 0.4) is 0 Å². The summed E-state index contributed by atoms with van der Waals surface area (Å²) in [6.45, 7) is 7.05. The highest BCUT2D eigenvalue weighted by Crippen LogP contribution is 2.27. The number of nitrogens with one attached hydrogen (secondary N) is 1. The van der Waals surface area contributed by atoms with Gasteiger partial charge in [0.1, 0.15) is 0 Å². The standard InChI is InChI=1S/C17H24ClNO/c1-17(2,3)10-15(18)11-19-16(20)14-8-12-6-4-5-7-13(12)9-14/h4-7,14-15H,8-11H2,1-3H3,(H,19,20). The zero-order chi connectivity index (χ0) is 14.8. The first-order chi connectivity index (χ1) is 9.35. The highest BCUT2D eigenvalue weighted by Gasteiger charge is 2.27. The molecule has 0 aliphatic heterocycles. The molecule has 0 heterocycles. The van der Waals surface area contributed by atoms with Gasteiger partial charge in [0.15, 0.2) is 0 Å². The molecule has 1 aromatic rings. The van der Waals surface area contributed by atoms with E-state index in [0.717, 1.165) is 19.3 Å². The van der Waals surface area contributed by atoms with Gasteiger partial charge < -0.3 is 5.32 Å². The molecule has 2 rings (SSSR count). The second kappa shape index (κ2) is 6.17. The van der Waals surface area contributed by atoms with Crippen LogP contribution in [0.5, 0.6) is 0 Å². The Morgan fingerprint density at radius 2 is 1.85 bits per heavy atom. The number of rotatable bonds is 4. The van der Waals surface area contributed by atoms with Gasteiger partial charge in [-0.05, 0) is 35.8 Å². The van der Waals surface area contributed by atoms with E-state index in [-0.39, 0.29) is 22.6 Å². The molecule has 0 spiro atoms. The van der Waals surface area contributed by atoms with Gasteiger partial charge in [-0.3, -0.25) is 4.79 Å². The summed E-state index contributed by atoms with van der Waals surface area (Å²) in [5, 5.41) is 3.01. The number of benzene rings is 1. The second-order valence-electron chi connectivity index (χ2n) is 6.98. The molecule has 0 saturated carbocycles. The van der Waals surface area contributed by atoms with Gasteiger partial charge in [-0.2, -0.15) is 0 Å². The lowest BCUT2D eigenvalue weighted by atomic mass is 9.90. The zero-order valence-corrected chi connectivity index (χ0v) is 13.3. The Labute approximate surface area is 126 Å². The molecule has 0 fully saturated rings. The molecule has 0 bridgehead atoms. The number of hydrogen-bond donors (Lipinski definition) is 1. The number of fused-ring (bicyclic) bond motifs is 1. The molecule has 110 valence electrons. The van der Waals surface area contributed by atoms with E-state index >= 15 is 0 Å². The molecule has 3 heteroatoms. The first-order valence-corrected chi connectivity index (χ1v) is 7.77. The number of halogens is 1. The summed E-state index contributed by atoms with van der Waals surface area (Å²) in [5.74, 6) is 0.215. The Bertz CT molecular complexity index is 453. The normalized spacial score (nSPS) is 16.8. The molecule has 0 saturated heterocycles. The van der Waals surface area contributed by atoms with E-state index in [2.05, 4.69) is 38.2 Å². The Kier molecular flexibility index (Phi) is 4.74. The van der Waals surface area contributed by atoms with Crippen LogP contribution in [-0.4, -0.2) is 17.8 Å². The van der Waals surface area contributed by atoms with Crippen molar-refractivity contribution in [2.24, 2.45) is 11.3 Å². The van der Waals surface area contributed by atoms with Crippen LogP contribution in [0.15, 0.2) is 24.3 Å². The number of carbonyl (C=O) groups is 1. The Hall–Kier alpha value is -1.02. The Balaban J connectivity index is 1.80.